The highest BCUT2D eigenvalue weighted by Crippen LogP contribution is 2.26. The number of aromatic nitrogens is 1. The topological polar surface area (TPSA) is 92.1 Å². The number of benzene rings is 1. The summed E-state index contributed by atoms with van der Waals surface area (Å²) in [6.45, 7) is 7.76. The van der Waals surface area contributed by atoms with Crippen LogP contribution in [-0.4, -0.2) is 29.2 Å². The van der Waals surface area contributed by atoms with Gasteiger partial charge in [-0.3, -0.25) is 4.79 Å². The number of hydrogen-bond acceptors (Lipinski definition) is 6. The van der Waals surface area contributed by atoms with E-state index >= 15 is 0 Å². The van der Waals surface area contributed by atoms with E-state index in [1.54, 1.807) is 31.2 Å². The Hall–Kier alpha value is -2.85. The van der Waals surface area contributed by atoms with E-state index < -0.39 is 5.97 Å². The summed E-state index contributed by atoms with van der Waals surface area (Å²) in [4.78, 5) is 28.3. The Balaban J connectivity index is 2.01. The van der Waals surface area contributed by atoms with Gasteiger partial charge in [0.2, 0.25) is 5.91 Å². The lowest BCUT2D eigenvalue weighted by atomic mass is 10.1. The van der Waals surface area contributed by atoms with Crippen LogP contribution in [0.25, 0.3) is 0 Å². The predicted molar refractivity (Wildman–Crippen MR) is 105 cm³/mol. The second kappa shape index (κ2) is 9.19. The van der Waals surface area contributed by atoms with Crippen LogP contribution in [0.4, 0.5) is 5.69 Å². The molecule has 0 saturated carbocycles. The Bertz CT molecular complexity index is 902. The van der Waals surface area contributed by atoms with Crippen molar-refractivity contribution in [3.8, 4) is 6.07 Å². The third kappa shape index (κ3) is 5.08. The number of esters is 1. The highest BCUT2D eigenvalue weighted by molar-refractivity contribution is 8.00. The monoisotopic (exact) mass is 383 g/mol. The Morgan fingerprint density at radius 1 is 1.19 bits per heavy atom. The van der Waals surface area contributed by atoms with Crippen LogP contribution in [0.2, 0.25) is 0 Å². The fourth-order valence-electron chi connectivity index (χ4n) is 2.38. The molecule has 7 heteroatoms. The second-order valence-corrected chi connectivity index (χ2v) is 6.84. The van der Waals surface area contributed by atoms with Gasteiger partial charge in [0.05, 0.1) is 23.5 Å². The molecule has 0 saturated heterocycles. The molecule has 1 heterocycles. The summed E-state index contributed by atoms with van der Waals surface area (Å²) >= 11 is 1.23. The van der Waals surface area contributed by atoms with Crippen molar-refractivity contribution in [3.63, 3.8) is 0 Å². The lowest BCUT2D eigenvalue weighted by molar-refractivity contribution is -0.113. The normalized spacial score (nSPS) is 10.2. The minimum Gasteiger partial charge on any atom is -0.462 e. The minimum atomic E-state index is -0.397. The molecule has 27 heavy (non-hydrogen) atoms. The number of carbonyl (C=O) groups is 2. The fourth-order valence-corrected chi connectivity index (χ4v) is 3.27. The SMILES string of the molecule is CCOC(=O)c1ccc(NC(=O)CSc2nc(C)c(C)c(C)c2C#N)cc1. The quantitative estimate of drug-likeness (QED) is 0.603. The largest absolute Gasteiger partial charge is 0.462 e. The second-order valence-electron chi connectivity index (χ2n) is 5.87. The number of hydrogen-bond donors (Lipinski definition) is 1. The molecule has 1 aromatic heterocycles. The summed E-state index contributed by atoms with van der Waals surface area (Å²) in [7, 11) is 0. The number of rotatable bonds is 6. The lowest BCUT2D eigenvalue weighted by Gasteiger charge is -2.11. The van der Waals surface area contributed by atoms with E-state index in [4.69, 9.17) is 4.74 Å². The summed E-state index contributed by atoms with van der Waals surface area (Å²) in [6, 6.07) is 8.67. The smallest absolute Gasteiger partial charge is 0.338 e. The molecule has 0 radical (unpaired) electrons. The summed E-state index contributed by atoms with van der Waals surface area (Å²) < 4.78 is 4.92. The maximum atomic E-state index is 12.2. The molecule has 0 atom stereocenters. The lowest BCUT2D eigenvalue weighted by Crippen LogP contribution is -2.14. The van der Waals surface area contributed by atoms with Crippen LogP contribution in [0.1, 0.15) is 39.7 Å². The van der Waals surface area contributed by atoms with Gasteiger partial charge in [0.1, 0.15) is 11.1 Å². The molecule has 6 nitrogen and oxygen atoms in total. The van der Waals surface area contributed by atoms with Crippen LogP contribution in [0.15, 0.2) is 29.3 Å². The van der Waals surface area contributed by atoms with Crippen LogP contribution < -0.4 is 5.32 Å². The van der Waals surface area contributed by atoms with Gasteiger partial charge in [0, 0.05) is 11.4 Å². The van der Waals surface area contributed by atoms with Crippen molar-refractivity contribution in [3.05, 3.63) is 52.2 Å². The van der Waals surface area contributed by atoms with Crippen LogP contribution >= 0.6 is 11.8 Å². The number of carbonyl (C=O) groups excluding carboxylic acids is 2. The predicted octanol–water partition coefficient (Wildman–Crippen LogP) is 3.79. The zero-order valence-corrected chi connectivity index (χ0v) is 16.6. The van der Waals surface area contributed by atoms with Crippen molar-refractivity contribution < 1.29 is 14.3 Å². The number of amides is 1. The summed E-state index contributed by atoms with van der Waals surface area (Å²) in [5.41, 5.74) is 4.25. The number of nitriles is 1. The van der Waals surface area contributed by atoms with E-state index in [9.17, 15) is 14.9 Å². The van der Waals surface area contributed by atoms with Crippen molar-refractivity contribution in [2.24, 2.45) is 0 Å². The van der Waals surface area contributed by atoms with Crippen molar-refractivity contribution >= 4 is 29.3 Å². The van der Waals surface area contributed by atoms with Gasteiger partial charge in [-0.1, -0.05) is 11.8 Å². The first-order valence-corrected chi connectivity index (χ1v) is 9.43. The molecule has 0 bridgehead atoms. The summed E-state index contributed by atoms with van der Waals surface area (Å²) in [5.74, 6) is -0.486. The molecule has 0 aliphatic carbocycles. The van der Waals surface area contributed by atoms with Gasteiger partial charge in [-0.05, 0) is 63.1 Å². The van der Waals surface area contributed by atoms with E-state index in [1.165, 1.54) is 11.8 Å². The number of aryl methyl sites for hydroxylation is 1. The minimum absolute atomic E-state index is 0.128. The molecule has 0 aliphatic heterocycles. The van der Waals surface area contributed by atoms with E-state index in [-0.39, 0.29) is 11.7 Å². The number of thioether (sulfide) groups is 1. The van der Waals surface area contributed by atoms with Crippen LogP contribution in [-0.2, 0) is 9.53 Å². The standard InChI is InChI=1S/C20H21N3O3S/c1-5-26-20(25)15-6-8-16(9-7-15)23-18(24)11-27-19-17(10-21)13(3)12(2)14(4)22-19/h6-9H,5,11H2,1-4H3,(H,23,24). The molecule has 1 amide bonds. The number of nitrogens with one attached hydrogen (secondary N) is 1. The Kier molecular flexibility index (Phi) is 6.97. The van der Waals surface area contributed by atoms with Crippen LogP contribution in [0.3, 0.4) is 0 Å². The molecule has 0 fully saturated rings. The maximum absolute atomic E-state index is 12.2. The Morgan fingerprint density at radius 3 is 2.44 bits per heavy atom. The van der Waals surface area contributed by atoms with Crippen molar-refractivity contribution in [2.45, 2.75) is 32.7 Å². The highest BCUT2D eigenvalue weighted by Gasteiger charge is 2.14. The first kappa shape index (κ1) is 20.5. The Labute approximate surface area is 162 Å². The number of anilines is 1. The zero-order valence-electron chi connectivity index (χ0n) is 15.8. The first-order chi connectivity index (χ1) is 12.9. The molecule has 0 spiro atoms. The highest BCUT2D eigenvalue weighted by atomic mass is 32.2. The molecular formula is C20H21N3O3S. The van der Waals surface area contributed by atoms with E-state index in [2.05, 4.69) is 16.4 Å². The third-order valence-corrected chi connectivity index (χ3v) is 5.07. The van der Waals surface area contributed by atoms with Crippen molar-refractivity contribution in [2.75, 3.05) is 17.7 Å². The van der Waals surface area contributed by atoms with Gasteiger partial charge in [0.25, 0.3) is 0 Å². The molecule has 0 unspecified atom stereocenters. The molecule has 2 aromatic rings. The molecule has 1 aromatic carbocycles. The molecule has 140 valence electrons. The summed E-state index contributed by atoms with van der Waals surface area (Å²) in [5, 5.41) is 12.7. The summed E-state index contributed by atoms with van der Waals surface area (Å²) in [6.07, 6.45) is 0. The number of nitrogens with zero attached hydrogens (tertiary/aromatic N) is 2. The van der Waals surface area contributed by atoms with E-state index in [1.807, 2.05) is 20.8 Å². The van der Waals surface area contributed by atoms with Gasteiger partial charge in [0.15, 0.2) is 0 Å². The van der Waals surface area contributed by atoms with Crippen LogP contribution in [0, 0.1) is 32.1 Å². The van der Waals surface area contributed by atoms with Gasteiger partial charge >= 0.3 is 5.97 Å². The average Bonchev–Trinajstić information content (AvgIpc) is 2.65. The van der Waals surface area contributed by atoms with Gasteiger partial charge in [-0.15, -0.1) is 0 Å². The first-order valence-electron chi connectivity index (χ1n) is 8.45. The Morgan fingerprint density at radius 2 is 1.85 bits per heavy atom. The average molecular weight is 383 g/mol. The van der Waals surface area contributed by atoms with Gasteiger partial charge in [-0.25, -0.2) is 9.78 Å². The van der Waals surface area contributed by atoms with Crippen LogP contribution in [0.5, 0.6) is 0 Å². The molecular weight excluding hydrogens is 362 g/mol. The molecule has 0 aliphatic rings. The zero-order chi connectivity index (χ0) is 20.0. The van der Waals surface area contributed by atoms with Gasteiger partial charge in [-0.2, -0.15) is 5.26 Å². The fraction of sp³-hybridized carbons (Fsp3) is 0.300. The number of ether oxygens (including phenoxy) is 1. The third-order valence-electron chi connectivity index (χ3n) is 4.09. The maximum Gasteiger partial charge on any atom is 0.338 e. The molecule has 1 N–H and O–H groups in total. The van der Waals surface area contributed by atoms with Gasteiger partial charge < -0.3 is 10.1 Å². The van der Waals surface area contributed by atoms with E-state index in [0.29, 0.717) is 28.4 Å². The van der Waals surface area contributed by atoms with Crippen molar-refractivity contribution in [1.82, 2.24) is 4.98 Å². The van der Waals surface area contributed by atoms with Crippen molar-refractivity contribution in [1.29, 1.82) is 5.26 Å². The number of pyridine rings is 1. The van der Waals surface area contributed by atoms with E-state index in [0.717, 1.165) is 16.8 Å². The molecule has 2 rings (SSSR count).